The summed E-state index contributed by atoms with van der Waals surface area (Å²) in [5.41, 5.74) is 8.43. The molecule has 9 nitrogen and oxygen atoms in total. The molecule has 0 aliphatic carbocycles. The monoisotopic (exact) mass is 513 g/mol. The fraction of sp³-hybridized carbons (Fsp3) is 0.148. The van der Waals surface area contributed by atoms with E-state index in [2.05, 4.69) is 26.3 Å². The molecule has 1 amide bonds. The highest BCUT2D eigenvalue weighted by Gasteiger charge is 2.37. The lowest BCUT2D eigenvalue weighted by atomic mass is 9.97. The Bertz CT molecular complexity index is 1620. The number of anilines is 3. The van der Waals surface area contributed by atoms with Gasteiger partial charge in [0.15, 0.2) is 0 Å². The zero-order chi connectivity index (χ0) is 27.0. The molecule has 38 heavy (non-hydrogen) atoms. The first-order valence-corrected chi connectivity index (χ1v) is 11.5. The Morgan fingerprint density at radius 1 is 1.24 bits per heavy atom. The molecule has 3 heterocycles. The van der Waals surface area contributed by atoms with E-state index in [-0.39, 0.29) is 46.7 Å². The second-order valence-electron chi connectivity index (χ2n) is 8.65. The lowest BCUT2D eigenvalue weighted by Crippen LogP contribution is -2.24. The lowest BCUT2D eigenvalue weighted by molar-refractivity contribution is 0.0166. The molecular weight excluding hydrogens is 492 g/mol. The molecule has 190 valence electrons. The number of rotatable bonds is 6. The Hall–Kier alpha value is -5.11. The molecule has 0 unspecified atom stereocenters. The number of amides is 1. The standard InChI is InChI=1S/C27H21F2N7O2/c1-27(28,29)21-5-3-4-18-20(21)14-36(25(18)37)23-12-16(11-22(34-23)35-26-33-8-9-38-26)19-10-15(13-30)6-7-17(19)24(31)32-2/h3-12H,14H2,1-2H3,(H2,31,32)(H,33,34,35). The summed E-state index contributed by atoms with van der Waals surface area (Å²) in [6.07, 6.45) is 2.83. The van der Waals surface area contributed by atoms with Gasteiger partial charge in [0.1, 0.15) is 23.7 Å². The molecule has 0 atom stereocenters. The molecule has 11 heteroatoms. The van der Waals surface area contributed by atoms with Gasteiger partial charge in [0.2, 0.25) is 0 Å². The molecule has 2 aromatic heterocycles. The molecule has 1 aliphatic rings. The summed E-state index contributed by atoms with van der Waals surface area (Å²) >= 11 is 0. The van der Waals surface area contributed by atoms with Gasteiger partial charge < -0.3 is 10.2 Å². The number of carbonyl (C=O) groups is 1. The van der Waals surface area contributed by atoms with Crippen LogP contribution in [-0.2, 0) is 12.5 Å². The molecule has 4 aromatic rings. The average Bonchev–Trinajstić information content (AvgIpc) is 3.54. The van der Waals surface area contributed by atoms with E-state index in [4.69, 9.17) is 10.2 Å². The number of alkyl halides is 2. The minimum atomic E-state index is -3.13. The zero-order valence-corrected chi connectivity index (χ0v) is 20.4. The van der Waals surface area contributed by atoms with Gasteiger partial charge in [0, 0.05) is 30.7 Å². The van der Waals surface area contributed by atoms with E-state index in [0.29, 0.717) is 22.3 Å². The van der Waals surface area contributed by atoms with Crippen LogP contribution >= 0.6 is 0 Å². The second kappa shape index (κ2) is 9.40. The summed E-state index contributed by atoms with van der Waals surface area (Å²) in [7, 11) is 1.55. The number of aliphatic imine (C=N–C) groups is 1. The van der Waals surface area contributed by atoms with E-state index in [1.165, 1.54) is 35.6 Å². The largest absolute Gasteiger partial charge is 0.432 e. The topological polar surface area (TPSA) is 133 Å². The van der Waals surface area contributed by atoms with Crippen molar-refractivity contribution in [3.05, 3.63) is 88.8 Å². The number of amidine groups is 1. The number of halogens is 2. The summed E-state index contributed by atoms with van der Waals surface area (Å²) in [6.45, 7) is 0.711. The predicted octanol–water partition coefficient (Wildman–Crippen LogP) is 4.96. The van der Waals surface area contributed by atoms with E-state index < -0.39 is 11.8 Å². The van der Waals surface area contributed by atoms with Crippen LogP contribution in [0.3, 0.4) is 0 Å². The number of nitrogens with two attached hydrogens (primary N) is 1. The van der Waals surface area contributed by atoms with Crippen molar-refractivity contribution in [2.75, 3.05) is 17.3 Å². The van der Waals surface area contributed by atoms with Crippen LogP contribution in [0.25, 0.3) is 11.1 Å². The third-order valence-electron chi connectivity index (χ3n) is 6.17. The van der Waals surface area contributed by atoms with Crippen LogP contribution in [0.2, 0.25) is 0 Å². The van der Waals surface area contributed by atoms with Crippen molar-refractivity contribution in [3.63, 3.8) is 0 Å². The van der Waals surface area contributed by atoms with Crippen LogP contribution in [0.15, 0.2) is 70.4 Å². The summed E-state index contributed by atoms with van der Waals surface area (Å²) in [5.74, 6) is -2.88. The Morgan fingerprint density at radius 2 is 2.05 bits per heavy atom. The molecule has 0 fully saturated rings. The Morgan fingerprint density at radius 3 is 2.74 bits per heavy atom. The van der Waals surface area contributed by atoms with Crippen molar-refractivity contribution in [3.8, 4) is 17.2 Å². The first-order valence-electron chi connectivity index (χ1n) is 11.5. The van der Waals surface area contributed by atoms with Gasteiger partial charge in [-0.05, 0) is 53.1 Å². The molecule has 0 spiro atoms. The van der Waals surface area contributed by atoms with E-state index in [1.807, 2.05) is 0 Å². The van der Waals surface area contributed by atoms with Crippen LogP contribution in [0.1, 0.15) is 39.5 Å². The molecule has 2 aromatic carbocycles. The lowest BCUT2D eigenvalue weighted by Gasteiger charge is -2.19. The van der Waals surface area contributed by atoms with Gasteiger partial charge in [0.05, 0.1) is 24.4 Å². The average molecular weight is 514 g/mol. The number of aromatic nitrogens is 2. The Kier molecular flexibility index (Phi) is 6.08. The first-order chi connectivity index (χ1) is 18.2. The summed E-state index contributed by atoms with van der Waals surface area (Å²) in [6, 6.07) is 14.8. The molecule has 0 bridgehead atoms. The van der Waals surface area contributed by atoms with Gasteiger partial charge in [-0.1, -0.05) is 12.1 Å². The minimum absolute atomic E-state index is 0.0910. The van der Waals surface area contributed by atoms with Gasteiger partial charge in [0.25, 0.3) is 17.8 Å². The van der Waals surface area contributed by atoms with Crippen LogP contribution in [-0.4, -0.2) is 28.8 Å². The number of pyridine rings is 1. The van der Waals surface area contributed by atoms with Crippen LogP contribution in [0, 0.1) is 11.3 Å². The zero-order valence-electron chi connectivity index (χ0n) is 20.4. The maximum absolute atomic E-state index is 14.3. The number of benzene rings is 2. The fourth-order valence-corrected chi connectivity index (χ4v) is 4.39. The summed E-state index contributed by atoms with van der Waals surface area (Å²) in [5, 5.41) is 12.5. The van der Waals surface area contributed by atoms with Crippen molar-refractivity contribution >= 4 is 29.4 Å². The highest BCUT2D eigenvalue weighted by atomic mass is 19.3. The summed E-state index contributed by atoms with van der Waals surface area (Å²) < 4.78 is 33.9. The normalized spacial score (nSPS) is 13.4. The Labute approximate surface area is 216 Å². The number of fused-ring (bicyclic) bond motifs is 1. The van der Waals surface area contributed by atoms with E-state index >= 15 is 0 Å². The molecule has 1 aliphatic heterocycles. The predicted molar refractivity (Wildman–Crippen MR) is 137 cm³/mol. The van der Waals surface area contributed by atoms with Crippen LogP contribution in [0.4, 0.5) is 26.4 Å². The van der Waals surface area contributed by atoms with Crippen molar-refractivity contribution in [2.45, 2.75) is 19.4 Å². The molecule has 3 N–H and O–H groups in total. The van der Waals surface area contributed by atoms with E-state index in [9.17, 15) is 18.8 Å². The molecule has 0 radical (unpaired) electrons. The van der Waals surface area contributed by atoms with Crippen molar-refractivity contribution < 1.29 is 18.0 Å². The van der Waals surface area contributed by atoms with Gasteiger partial charge in [-0.3, -0.25) is 20.0 Å². The van der Waals surface area contributed by atoms with Crippen molar-refractivity contribution in [1.29, 1.82) is 5.26 Å². The van der Waals surface area contributed by atoms with Gasteiger partial charge >= 0.3 is 0 Å². The fourth-order valence-electron chi connectivity index (χ4n) is 4.39. The van der Waals surface area contributed by atoms with Gasteiger partial charge in [-0.15, -0.1) is 0 Å². The maximum atomic E-state index is 14.3. The number of nitrogens with one attached hydrogen (secondary N) is 1. The minimum Gasteiger partial charge on any atom is -0.432 e. The highest BCUT2D eigenvalue weighted by molar-refractivity contribution is 6.10. The van der Waals surface area contributed by atoms with Crippen molar-refractivity contribution in [1.82, 2.24) is 9.97 Å². The quantitative estimate of drug-likeness (QED) is 0.275. The second-order valence-corrected chi connectivity index (χ2v) is 8.65. The first kappa shape index (κ1) is 24.6. The SMILES string of the molecule is CN=C(N)c1ccc(C#N)cc1-c1cc(Nc2ncco2)nc(N2Cc3c(cccc3C(C)(F)F)C2=O)c1. The number of carbonyl (C=O) groups excluding carboxylic acids is 1. The van der Waals surface area contributed by atoms with Gasteiger partial charge in [-0.2, -0.15) is 5.26 Å². The number of nitriles is 1. The van der Waals surface area contributed by atoms with Crippen LogP contribution < -0.4 is 16.0 Å². The number of hydrogen-bond donors (Lipinski definition) is 2. The van der Waals surface area contributed by atoms with Crippen LogP contribution in [0.5, 0.6) is 0 Å². The number of nitrogens with zero attached hydrogens (tertiary/aromatic N) is 5. The molecule has 0 saturated carbocycles. The third-order valence-corrected chi connectivity index (χ3v) is 6.17. The van der Waals surface area contributed by atoms with Crippen molar-refractivity contribution in [2.24, 2.45) is 10.7 Å². The smallest absolute Gasteiger partial charge is 0.300 e. The highest BCUT2D eigenvalue weighted by Crippen LogP contribution is 2.38. The number of hydrogen-bond acceptors (Lipinski definition) is 7. The maximum Gasteiger partial charge on any atom is 0.300 e. The molecule has 0 saturated heterocycles. The molecule has 5 rings (SSSR count). The Balaban J connectivity index is 1.67. The summed E-state index contributed by atoms with van der Waals surface area (Å²) in [4.78, 5) is 27.4. The third kappa shape index (κ3) is 4.43. The van der Waals surface area contributed by atoms with E-state index in [1.54, 1.807) is 37.4 Å². The van der Waals surface area contributed by atoms with E-state index in [0.717, 1.165) is 6.92 Å². The molecular formula is C27H21F2N7O2. The number of oxazole rings is 1. The van der Waals surface area contributed by atoms with Gasteiger partial charge in [-0.25, -0.2) is 18.7 Å².